The normalized spacial score (nSPS) is 20.1. The number of hydrogen-bond donors (Lipinski definition) is 7. The van der Waals surface area contributed by atoms with Gasteiger partial charge in [-0.1, -0.05) is 129 Å². The third-order valence-electron chi connectivity index (χ3n) is 11.6. The lowest BCUT2D eigenvalue weighted by molar-refractivity contribution is -0.204. The van der Waals surface area contributed by atoms with Gasteiger partial charge in [0.25, 0.3) is 0 Å². The fraction of sp³-hybridized carbons (Fsp3) is 0.851. The monoisotopic (exact) mass is 945 g/mol. The molecule has 1 unspecified atom stereocenters. The van der Waals surface area contributed by atoms with Gasteiger partial charge in [0.1, 0.15) is 54.6 Å². The lowest BCUT2D eigenvalue weighted by atomic mass is 9.97. The van der Waals surface area contributed by atoms with Crippen molar-refractivity contribution in [3.8, 4) is 0 Å². The van der Waals surface area contributed by atoms with Gasteiger partial charge in [0.05, 0.1) is 12.5 Å². The number of ether oxygens (including phenoxy) is 4. The quantitative estimate of drug-likeness (QED) is 0.0210. The fourth-order valence-corrected chi connectivity index (χ4v) is 8.05. The number of unbranched alkanes of at least 4 members (excludes halogenated alkanes) is 18. The molecule has 0 aliphatic carbocycles. The van der Waals surface area contributed by atoms with Crippen LogP contribution in [0, 0.1) is 0 Å². The van der Waals surface area contributed by atoms with Gasteiger partial charge in [-0.15, -0.1) is 12.6 Å². The number of amides is 4. The second-order valence-electron chi connectivity index (χ2n) is 17.6. The van der Waals surface area contributed by atoms with E-state index in [4.69, 9.17) is 29.8 Å². The van der Waals surface area contributed by atoms with Gasteiger partial charge in [-0.25, -0.2) is 0 Å². The lowest BCUT2D eigenvalue weighted by Crippen LogP contribution is -2.64. The molecular formula is C47H84N4O13S. The molecule has 0 radical (unpaired) electrons. The Balaban J connectivity index is 2.86. The molecule has 1 fully saturated rings. The zero-order chi connectivity index (χ0) is 48.6. The third kappa shape index (κ3) is 27.7. The van der Waals surface area contributed by atoms with Crippen LogP contribution < -0.4 is 21.7 Å². The molecule has 0 aromatic carbocycles. The van der Waals surface area contributed by atoms with Crippen LogP contribution in [0.15, 0.2) is 0 Å². The van der Waals surface area contributed by atoms with Gasteiger partial charge in [0.15, 0.2) is 0 Å². The highest BCUT2D eigenvalue weighted by Crippen LogP contribution is 2.28. The molecule has 1 rings (SSSR count). The molecule has 1 saturated heterocycles. The van der Waals surface area contributed by atoms with Gasteiger partial charge in [-0.3, -0.25) is 33.6 Å². The predicted octanol–water partition coefficient (Wildman–Crippen LogP) is 6.09. The highest BCUT2D eigenvalue weighted by atomic mass is 32.1. The summed E-state index contributed by atoms with van der Waals surface area (Å²) in [4.78, 5) is 87.0. The zero-order valence-corrected chi connectivity index (χ0v) is 40.9. The van der Waals surface area contributed by atoms with E-state index in [-0.39, 0.29) is 25.2 Å². The molecule has 376 valence electrons. The molecule has 0 aromatic rings. The second-order valence-corrected chi connectivity index (χ2v) is 18.1. The van der Waals surface area contributed by atoms with Crippen LogP contribution in [0.2, 0.25) is 0 Å². The average Bonchev–Trinajstić information content (AvgIpc) is 3.24. The molecular weight excluding hydrogens is 861 g/mol. The maximum absolute atomic E-state index is 13.3. The number of carbonyl (C=O) groups is 7. The van der Waals surface area contributed by atoms with Gasteiger partial charge in [0, 0.05) is 19.8 Å². The number of esters is 2. The SMILES string of the molecule is CCCCCCCCCCCCCC(=O)O[C@H](CCCCCCCCCCC)CC(=O)OC[C@H]1O[C@@H](S)[C@H](NC(C)=O)[C@H](OC(C)C(=O)N[C@@H](C)C(=O)N[C@H](CCC(=O)O)C(N)=O)[C@@H]1O. The summed E-state index contributed by atoms with van der Waals surface area (Å²) in [6, 6.07) is -3.58. The first-order chi connectivity index (χ1) is 31.0. The minimum absolute atomic E-state index is 0.189. The topological polar surface area (TPSA) is 259 Å². The number of thiol groups is 1. The Bertz CT molecular complexity index is 1410. The van der Waals surface area contributed by atoms with Crippen molar-refractivity contribution in [2.45, 2.75) is 249 Å². The van der Waals surface area contributed by atoms with Gasteiger partial charge in [0.2, 0.25) is 23.6 Å². The Morgan fingerprint density at radius 3 is 1.74 bits per heavy atom. The molecule has 0 saturated carbocycles. The van der Waals surface area contributed by atoms with E-state index in [1.54, 1.807) is 0 Å². The van der Waals surface area contributed by atoms with Crippen LogP contribution in [0.1, 0.15) is 195 Å². The van der Waals surface area contributed by atoms with E-state index in [1.807, 2.05) is 0 Å². The molecule has 17 nitrogen and oxygen atoms in total. The van der Waals surface area contributed by atoms with Gasteiger partial charge < -0.3 is 50.8 Å². The Morgan fingerprint density at radius 1 is 0.708 bits per heavy atom. The van der Waals surface area contributed by atoms with Crippen LogP contribution in [0.4, 0.5) is 0 Å². The van der Waals surface area contributed by atoms with Crippen LogP contribution in [0.5, 0.6) is 0 Å². The van der Waals surface area contributed by atoms with Crippen molar-refractivity contribution >= 4 is 54.2 Å². The molecule has 65 heavy (non-hydrogen) atoms. The lowest BCUT2D eigenvalue weighted by Gasteiger charge is -2.43. The Hall–Kier alpha value is -3.48. The van der Waals surface area contributed by atoms with E-state index in [0.717, 1.165) is 51.4 Å². The van der Waals surface area contributed by atoms with Crippen molar-refractivity contribution < 1.29 is 62.7 Å². The van der Waals surface area contributed by atoms with Crippen molar-refractivity contribution in [2.75, 3.05) is 6.61 Å². The summed E-state index contributed by atoms with van der Waals surface area (Å²) in [5, 5.41) is 27.8. The fourth-order valence-electron chi connectivity index (χ4n) is 7.65. The molecule has 9 atom stereocenters. The maximum atomic E-state index is 13.3. The van der Waals surface area contributed by atoms with Gasteiger partial charge in [-0.2, -0.15) is 0 Å². The Morgan fingerprint density at radius 2 is 1.23 bits per heavy atom. The third-order valence-corrected chi connectivity index (χ3v) is 12.0. The molecule has 1 aliphatic heterocycles. The summed E-state index contributed by atoms with van der Waals surface area (Å²) >= 11 is 4.46. The van der Waals surface area contributed by atoms with E-state index in [0.29, 0.717) is 6.42 Å². The molecule has 0 aromatic heterocycles. The Kier molecular flexibility index (Phi) is 32.7. The van der Waals surface area contributed by atoms with Crippen molar-refractivity contribution in [1.29, 1.82) is 0 Å². The van der Waals surface area contributed by atoms with E-state index in [1.165, 1.54) is 97.8 Å². The number of primary amides is 1. The minimum atomic E-state index is -1.55. The number of rotatable bonds is 38. The number of aliphatic hydroxyl groups is 1. The maximum Gasteiger partial charge on any atom is 0.309 e. The molecule has 7 N–H and O–H groups in total. The van der Waals surface area contributed by atoms with E-state index < -0.39 is 103 Å². The smallest absolute Gasteiger partial charge is 0.309 e. The first-order valence-electron chi connectivity index (χ1n) is 24.4. The highest BCUT2D eigenvalue weighted by Gasteiger charge is 2.47. The van der Waals surface area contributed by atoms with Gasteiger partial charge >= 0.3 is 17.9 Å². The standard InChI is InChI=1S/C47H84N4O13S/c1-6-8-10-12-14-16-17-19-21-23-25-27-39(55)63-35(26-24-22-20-18-15-13-11-9-7-2)30-40(56)61-31-37-42(57)43(41(47(65)64-37)50-34(5)52)62-33(4)46(60)49-32(3)45(59)51-36(44(48)58)28-29-38(53)54/h32-33,35-37,41-43,47,57,65H,6-31H2,1-5H3,(H2,48,58)(H,49,60)(H,50,52)(H,51,59)(H,53,54)/t32-,33?,35+,36+,37+,41+,42+,43-,47-/m0/s1. The average molecular weight is 945 g/mol. The minimum Gasteiger partial charge on any atom is -0.481 e. The first-order valence-corrected chi connectivity index (χ1v) is 24.9. The highest BCUT2D eigenvalue weighted by molar-refractivity contribution is 7.80. The van der Waals surface area contributed by atoms with E-state index in [2.05, 4.69) is 42.4 Å². The molecule has 0 spiro atoms. The molecule has 18 heteroatoms. The number of hydrogen-bond acceptors (Lipinski definition) is 13. The van der Waals surface area contributed by atoms with Gasteiger partial charge in [-0.05, 0) is 39.5 Å². The summed E-state index contributed by atoms with van der Waals surface area (Å²) in [7, 11) is 0. The van der Waals surface area contributed by atoms with Crippen LogP contribution in [0.25, 0.3) is 0 Å². The molecule has 4 amide bonds. The molecule has 0 bridgehead atoms. The first kappa shape index (κ1) is 59.5. The summed E-state index contributed by atoms with van der Waals surface area (Å²) in [5.74, 6) is -5.27. The number of nitrogens with one attached hydrogen (secondary N) is 3. The van der Waals surface area contributed by atoms with Crippen molar-refractivity contribution in [1.82, 2.24) is 16.0 Å². The van der Waals surface area contributed by atoms with Crippen LogP contribution in [-0.2, 0) is 52.5 Å². The van der Waals surface area contributed by atoms with Crippen LogP contribution in [-0.4, -0.2) is 112 Å². The van der Waals surface area contributed by atoms with Crippen LogP contribution >= 0.6 is 12.6 Å². The predicted molar refractivity (Wildman–Crippen MR) is 250 cm³/mol. The number of aliphatic carboxylic acids is 1. The zero-order valence-electron chi connectivity index (χ0n) is 40.0. The molecule has 1 heterocycles. The number of carbonyl (C=O) groups excluding carboxylic acids is 6. The summed E-state index contributed by atoms with van der Waals surface area (Å²) < 4.78 is 23.2. The summed E-state index contributed by atoms with van der Waals surface area (Å²) in [6.45, 7) is 7.88. The largest absolute Gasteiger partial charge is 0.481 e. The van der Waals surface area contributed by atoms with Crippen LogP contribution in [0.3, 0.4) is 0 Å². The summed E-state index contributed by atoms with van der Waals surface area (Å²) in [6.07, 6.45) is 16.6. The van der Waals surface area contributed by atoms with Crippen molar-refractivity contribution in [3.05, 3.63) is 0 Å². The number of aliphatic hydroxyl groups excluding tert-OH is 1. The number of nitrogens with two attached hydrogens (primary N) is 1. The summed E-state index contributed by atoms with van der Waals surface area (Å²) in [5.41, 5.74) is 4.22. The van der Waals surface area contributed by atoms with Crippen molar-refractivity contribution in [2.24, 2.45) is 5.73 Å². The van der Waals surface area contributed by atoms with E-state index in [9.17, 15) is 38.7 Å². The Labute approximate surface area is 393 Å². The van der Waals surface area contributed by atoms with Crippen molar-refractivity contribution in [3.63, 3.8) is 0 Å². The number of carboxylic acid groups (broad SMARTS) is 1. The molecule has 1 aliphatic rings. The van der Waals surface area contributed by atoms with E-state index >= 15 is 0 Å². The second kappa shape index (κ2) is 35.7. The number of carboxylic acids is 1.